The molecule has 0 fully saturated rings. The molecule has 0 aliphatic rings. The van der Waals surface area contributed by atoms with Gasteiger partial charge < -0.3 is 19.1 Å². The fourth-order valence-corrected chi connectivity index (χ4v) is 4.28. The number of para-hydroxylation sites is 1. The molecule has 0 saturated carbocycles. The Bertz CT molecular complexity index is 1080. The van der Waals surface area contributed by atoms with Crippen LogP contribution in [-0.4, -0.2) is 26.7 Å². The number of carboxylic acids is 1. The Morgan fingerprint density at radius 3 is 2.60 bits per heavy atom. The number of hydrogen-bond acceptors (Lipinski definition) is 6. The maximum atomic E-state index is 12.3. The van der Waals surface area contributed by atoms with Gasteiger partial charge in [0.15, 0.2) is 11.3 Å². The van der Waals surface area contributed by atoms with Gasteiger partial charge in [0, 0.05) is 17.5 Å². The maximum Gasteiger partial charge on any atom is 0.211 e. The first-order valence-corrected chi connectivity index (χ1v) is 11.4. The summed E-state index contributed by atoms with van der Waals surface area (Å²) in [5, 5.41) is 11.2. The van der Waals surface area contributed by atoms with Crippen LogP contribution in [0.25, 0.3) is 11.0 Å². The number of fused-ring (bicyclic) bond motifs is 1. The van der Waals surface area contributed by atoms with Crippen molar-refractivity contribution in [2.24, 2.45) is 0 Å². The summed E-state index contributed by atoms with van der Waals surface area (Å²) in [5.74, 6) is -1.00. The highest BCUT2D eigenvalue weighted by atomic mass is 32.2. The van der Waals surface area contributed by atoms with E-state index in [1.54, 1.807) is 18.2 Å². The Balaban J connectivity index is 1.48. The van der Waals surface area contributed by atoms with E-state index in [0.29, 0.717) is 23.0 Å². The van der Waals surface area contributed by atoms with E-state index < -0.39 is 22.6 Å². The third kappa shape index (κ3) is 6.33. The molecule has 3 rings (SSSR count). The molecular weight excluding hydrogens is 406 g/mol. The molecule has 2 aromatic carbocycles. The topological polar surface area (TPSA) is 109 Å². The molecule has 0 amide bonds. The lowest BCUT2D eigenvalue weighted by Crippen LogP contribution is -2.28. The van der Waals surface area contributed by atoms with E-state index in [2.05, 4.69) is 16.9 Å². The van der Waals surface area contributed by atoms with Gasteiger partial charge in [-0.1, -0.05) is 48.9 Å². The van der Waals surface area contributed by atoms with Crippen LogP contribution >= 0.6 is 0 Å². The lowest BCUT2D eigenvalue weighted by atomic mass is 10.1. The highest BCUT2D eigenvalue weighted by Crippen LogP contribution is 2.29. The largest absolute Gasteiger partial charge is 0.546 e. The fraction of sp³-hybridized carbons (Fsp3) is 0.318. The molecule has 0 bridgehead atoms. The van der Waals surface area contributed by atoms with Crippen molar-refractivity contribution in [3.05, 3.63) is 65.9 Å². The van der Waals surface area contributed by atoms with Crippen molar-refractivity contribution in [2.75, 3.05) is 12.4 Å². The predicted octanol–water partition coefficient (Wildman–Crippen LogP) is 2.39. The predicted molar refractivity (Wildman–Crippen MR) is 111 cm³/mol. The molecule has 1 heterocycles. The number of carbonyl (C=O) groups excluding carboxylic acids is 1. The molecule has 160 valence electrons. The van der Waals surface area contributed by atoms with Gasteiger partial charge in [-0.25, -0.2) is 13.1 Å². The van der Waals surface area contributed by atoms with Gasteiger partial charge in [0.05, 0.1) is 18.0 Å². The number of unbranched alkanes of at least 4 members (excludes halogenated alkanes) is 2. The molecule has 0 spiro atoms. The highest BCUT2D eigenvalue weighted by Gasteiger charge is 2.14. The number of carbonyl (C=O) groups is 1. The van der Waals surface area contributed by atoms with Crippen LogP contribution in [-0.2, 0) is 27.8 Å². The van der Waals surface area contributed by atoms with E-state index in [1.807, 2.05) is 18.2 Å². The number of ether oxygens (including phenoxy) is 1. The average molecular weight is 431 g/mol. The van der Waals surface area contributed by atoms with Gasteiger partial charge in [0.2, 0.25) is 10.0 Å². The summed E-state index contributed by atoms with van der Waals surface area (Å²) in [6.45, 7) is -0.505. The molecule has 0 saturated heterocycles. The van der Waals surface area contributed by atoms with E-state index in [1.165, 1.54) is 11.8 Å². The van der Waals surface area contributed by atoms with E-state index in [-0.39, 0.29) is 18.0 Å². The lowest BCUT2D eigenvalue weighted by molar-refractivity contribution is -0.307. The molecule has 8 heteroatoms. The first-order chi connectivity index (χ1) is 14.4. The molecule has 0 atom stereocenters. The zero-order valence-corrected chi connectivity index (χ0v) is 17.3. The Hall–Kier alpha value is -2.84. The van der Waals surface area contributed by atoms with Crippen LogP contribution < -0.4 is 14.6 Å². The Labute approximate surface area is 175 Å². The Kier molecular flexibility index (Phi) is 7.48. The van der Waals surface area contributed by atoms with Crippen molar-refractivity contribution in [1.29, 1.82) is 0 Å². The number of hydrogen-bond donors (Lipinski definition) is 1. The first-order valence-electron chi connectivity index (χ1n) is 9.77. The second kappa shape index (κ2) is 10.3. The summed E-state index contributed by atoms with van der Waals surface area (Å²) in [6.07, 6.45) is 4.76. The summed E-state index contributed by atoms with van der Waals surface area (Å²) in [5.41, 5.74) is 2.28. The highest BCUT2D eigenvalue weighted by molar-refractivity contribution is 7.89. The normalized spacial score (nSPS) is 11.6. The molecule has 0 aliphatic heterocycles. The van der Waals surface area contributed by atoms with E-state index in [9.17, 15) is 18.3 Å². The van der Waals surface area contributed by atoms with Crippen molar-refractivity contribution in [2.45, 2.75) is 32.2 Å². The number of aliphatic carboxylic acids is 1. The number of benzene rings is 2. The van der Waals surface area contributed by atoms with Crippen LogP contribution in [0.2, 0.25) is 0 Å². The van der Waals surface area contributed by atoms with Gasteiger partial charge in [-0.15, -0.1) is 0 Å². The molecule has 1 aromatic heterocycles. The standard InChI is InChI=1S/C22H25NO6S/c24-21(25)16-28-20-12-7-11-19-18(15-29-22(19)20)14-23-30(26,27)13-6-2-5-10-17-8-3-1-4-9-17/h1,3-4,7-9,11-12,15,23H,2,5-6,10,13-14,16H2,(H,24,25)/p-1. The van der Waals surface area contributed by atoms with Crippen molar-refractivity contribution >= 4 is 27.0 Å². The second-order valence-corrected chi connectivity index (χ2v) is 8.92. The number of sulfonamides is 1. The van der Waals surface area contributed by atoms with Gasteiger partial charge in [-0.05, 0) is 30.9 Å². The van der Waals surface area contributed by atoms with Crippen LogP contribution in [0.3, 0.4) is 0 Å². The molecule has 7 nitrogen and oxygen atoms in total. The maximum absolute atomic E-state index is 12.3. The summed E-state index contributed by atoms with van der Waals surface area (Å²) in [7, 11) is -3.41. The van der Waals surface area contributed by atoms with Crippen LogP contribution in [0, 0.1) is 0 Å². The van der Waals surface area contributed by atoms with Gasteiger partial charge in [0.1, 0.15) is 6.61 Å². The number of furan rings is 1. The van der Waals surface area contributed by atoms with Gasteiger partial charge >= 0.3 is 0 Å². The van der Waals surface area contributed by atoms with E-state index >= 15 is 0 Å². The van der Waals surface area contributed by atoms with Crippen LogP contribution in [0.1, 0.15) is 30.4 Å². The summed E-state index contributed by atoms with van der Waals surface area (Å²) >= 11 is 0. The molecule has 30 heavy (non-hydrogen) atoms. The Morgan fingerprint density at radius 1 is 1.03 bits per heavy atom. The minimum absolute atomic E-state index is 0.0670. The smallest absolute Gasteiger partial charge is 0.211 e. The molecular formula is C22H24NO6S-. The van der Waals surface area contributed by atoms with Crippen molar-refractivity contribution in [3.8, 4) is 5.75 Å². The van der Waals surface area contributed by atoms with E-state index in [0.717, 1.165) is 19.3 Å². The third-order valence-electron chi connectivity index (χ3n) is 4.69. The van der Waals surface area contributed by atoms with Crippen molar-refractivity contribution in [1.82, 2.24) is 4.72 Å². The van der Waals surface area contributed by atoms with Crippen molar-refractivity contribution < 1.29 is 27.5 Å². The monoisotopic (exact) mass is 430 g/mol. The van der Waals surface area contributed by atoms with E-state index in [4.69, 9.17) is 9.15 Å². The molecule has 1 N–H and O–H groups in total. The minimum Gasteiger partial charge on any atom is -0.546 e. The first kappa shape index (κ1) is 21.9. The van der Waals surface area contributed by atoms with Gasteiger partial charge in [-0.3, -0.25) is 0 Å². The number of nitrogens with one attached hydrogen (secondary N) is 1. The average Bonchev–Trinajstić information content (AvgIpc) is 3.15. The fourth-order valence-electron chi connectivity index (χ4n) is 3.17. The minimum atomic E-state index is -3.41. The van der Waals surface area contributed by atoms with Gasteiger partial charge in [0.25, 0.3) is 0 Å². The van der Waals surface area contributed by atoms with Crippen LogP contribution in [0.5, 0.6) is 5.75 Å². The molecule has 0 aliphatic carbocycles. The number of aryl methyl sites for hydroxylation is 1. The molecule has 3 aromatic rings. The van der Waals surface area contributed by atoms with Crippen LogP contribution in [0.4, 0.5) is 0 Å². The second-order valence-electron chi connectivity index (χ2n) is 6.99. The quantitative estimate of drug-likeness (QED) is 0.442. The number of carboxylic acid groups (broad SMARTS) is 1. The SMILES string of the molecule is O=C([O-])COc1cccc2c(CNS(=O)(=O)CCCCCc3ccccc3)coc12. The summed E-state index contributed by atoms with van der Waals surface area (Å²) < 4.78 is 37.8. The zero-order valence-electron chi connectivity index (χ0n) is 16.5. The lowest BCUT2D eigenvalue weighted by Gasteiger charge is -2.08. The number of rotatable bonds is 12. The third-order valence-corrected chi connectivity index (χ3v) is 6.10. The van der Waals surface area contributed by atoms with Crippen LogP contribution in [0.15, 0.2) is 59.2 Å². The molecule has 0 unspecified atom stereocenters. The Morgan fingerprint density at radius 2 is 1.83 bits per heavy atom. The molecule has 0 radical (unpaired) electrons. The zero-order chi connectivity index (χ0) is 21.4. The van der Waals surface area contributed by atoms with Gasteiger partial charge in [-0.2, -0.15) is 0 Å². The summed E-state index contributed by atoms with van der Waals surface area (Å²) in [4.78, 5) is 10.6. The summed E-state index contributed by atoms with van der Waals surface area (Å²) in [6, 6.07) is 15.2. The van der Waals surface area contributed by atoms with Crippen molar-refractivity contribution in [3.63, 3.8) is 0 Å².